The van der Waals surface area contributed by atoms with Crippen molar-refractivity contribution in [1.82, 2.24) is 10.6 Å². The van der Waals surface area contributed by atoms with E-state index in [4.69, 9.17) is 0 Å². The minimum atomic E-state index is -0.112. The second-order valence-corrected chi connectivity index (χ2v) is 7.59. The molecule has 5 nitrogen and oxygen atoms in total. The SMILES string of the molecule is CN(C(=O)C1CC1)c1ccccc1C(=O)NCCNC1CCCCCC1.Cl. The lowest BCUT2D eigenvalue weighted by atomic mass is 10.1. The van der Waals surface area contributed by atoms with Gasteiger partial charge in [0.15, 0.2) is 0 Å². The van der Waals surface area contributed by atoms with E-state index < -0.39 is 0 Å². The molecule has 27 heavy (non-hydrogen) atoms. The highest BCUT2D eigenvalue weighted by Gasteiger charge is 2.33. The van der Waals surface area contributed by atoms with E-state index in [9.17, 15) is 9.59 Å². The molecule has 6 heteroatoms. The van der Waals surface area contributed by atoms with Crippen LogP contribution < -0.4 is 15.5 Å². The van der Waals surface area contributed by atoms with Crippen LogP contribution in [0.2, 0.25) is 0 Å². The van der Waals surface area contributed by atoms with Gasteiger partial charge in [-0.05, 0) is 37.8 Å². The van der Waals surface area contributed by atoms with E-state index in [0.717, 1.165) is 19.4 Å². The Morgan fingerprint density at radius 3 is 2.33 bits per heavy atom. The first-order valence-corrected chi connectivity index (χ1v) is 10.0. The third-order valence-electron chi connectivity index (χ3n) is 5.47. The predicted octanol–water partition coefficient (Wildman–Crippen LogP) is 3.52. The Morgan fingerprint density at radius 2 is 1.67 bits per heavy atom. The lowest BCUT2D eigenvalue weighted by Crippen LogP contribution is -2.37. The minimum Gasteiger partial charge on any atom is -0.351 e. The number of benzene rings is 1. The highest BCUT2D eigenvalue weighted by atomic mass is 35.5. The van der Waals surface area contributed by atoms with Gasteiger partial charge in [-0.3, -0.25) is 9.59 Å². The van der Waals surface area contributed by atoms with Gasteiger partial charge in [-0.25, -0.2) is 0 Å². The van der Waals surface area contributed by atoms with Crippen molar-refractivity contribution in [3.63, 3.8) is 0 Å². The minimum absolute atomic E-state index is 0. The Bertz CT molecular complexity index is 626. The first-order chi connectivity index (χ1) is 12.7. The molecule has 0 aromatic heterocycles. The first kappa shape index (κ1) is 21.7. The Hall–Kier alpha value is -1.59. The number of carbonyl (C=O) groups excluding carboxylic acids is 2. The van der Waals surface area contributed by atoms with Crippen LogP contribution in [-0.2, 0) is 4.79 Å². The van der Waals surface area contributed by atoms with Gasteiger partial charge in [-0.15, -0.1) is 12.4 Å². The number of para-hydroxylation sites is 1. The van der Waals surface area contributed by atoms with Crippen molar-refractivity contribution in [3.8, 4) is 0 Å². The number of hydrogen-bond donors (Lipinski definition) is 2. The van der Waals surface area contributed by atoms with Crippen LogP contribution in [0.5, 0.6) is 0 Å². The first-order valence-electron chi connectivity index (χ1n) is 10.0. The van der Waals surface area contributed by atoms with Crippen molar-refractivity contribution in [3.05, 3.63) is 29.8 Å². The molecular formula is C21H32ClN3O2. The highest BCUT2D eigenvalue weighted by Crippen LogP contribution is 2.33. The van der Waals surface area contributed by atoms with Crippen molar-refractivity contribution < 1.29 is 9.59 Å². The molecule has 2 N–H and O–H groups in total. The van der Waals surface area contributed by atoms with Crippen LogP contribution in [0.3, 0.4) is 0 Å². The van der Waals surface area contributed by atoms with Crippen molar-refractivity contribution in [2.24, 2.45) is 5.92 Å². The van der Waals surface area contributed by atoms with Crippen LogP contribution in [0.1, 0.15) is 61.7 Å². The molecule has 2 saturated carbocycles. The molecule has 0 bridgehead atoms. The van der Waals surface area contributed by atoms with Crippen molar-refractivity contribution in [2.45, 2.75) is 57.4 Å². The summed E-state index contributed by atoms with van der Waals surface area (Å²) < 4.78 is 0. The molecule has 1 aromatic carbocycles. The van der Waals surface area contributed by atoms with Gasteiger partial charge in [0.2, 0.25) is 5.91 Å². The molecule has 2 amide bonds. The molecule has 0 aliphatic heterocycles. The van der Waals surface area contributed by atoms with E-state index in [0.29, 0.717) is 23.8 Å². The fraction of sp³-hybridized carbons (Fsp3) is 0.619. The number of anilines is 1. The maximum atomic E-state index is 12.6. The van der Waals surface area contributed by atoms with Crippen LogP contribution in [0.4, 0.5) is 5.69 Å². The standard InChI is InChI=1S/C21H31N3O2.ClH/c1-24(21(26)16-12-13-16)19-11-7-6-10-18(19)20(25)23-15-14-22-17-8-4-2-3-5-9-17;/h6-7,10-11,16-17,22H,2-5,8-9,12-15H2,1H3,(H,23,25);1H. The number of rotatable bonds is 7. The maximum Gasteiger partial charge on any atom is 0.253 e. The summed E-state index contributed by atoms with van der Waals surface area (Å²) in [6.07, 6.45) is 9.71. The topological polar surface area (TPSA) is 61.4 Å². The zero-order chi connectivity index (χ0) is 18.4. The summed E-state index contributed by atoms with van der Waals surface area (Å²) in [5, 5.41) is 6.56. The molecule has 1 aromatic rings. The second-order valence-electron chi connectivity index (χ2n) is 7.59. The predicted molar refractivity (Wildman–Crippen MR) is 112 cm³/mol. The van der Waals surface area contributed by atoms with Crippen LogP contribution in [0, 0.1) is 5.92 Å². The van der Waals surface area contributed by atoms with Crippen LogP contribution in [0.15, 0.2) is 24.3 Å². The Morgan fingerprint density at radius 1 is 1.00 bits per heavy atom. The van der Waals surface area contributed by atoms with E-state index in [-0.39, 0.29) is 30.1 Å². The molecule has 0 spiro atoms. The van der Waals surface area contributed by atoms with Crippen molar-refractivity contribution in [2.75, 3.05) is 25.0 Å². The summed E-state index contributed by atoms with van der Waals surface area (Å²) in [6.45, 7) is 1.39. The molecule has 2 aliphatic carbocycles. The molecule has 0 atom stereocenters. The summed E-state index contributed by atoms with van der Waals surface area (Å²) in [5.74, 6) is 0.138. The lowest BCUT2D eigenvalue weighted by molar-refractivity contribution is -0.119. The molecule has 0 heterocycles. The van der Waals surface area contributed by atoms with Crippen LogP contribution in [-0.4, -0.2) is 38.0 Å². The van der Waals surface area contributed by atoms with E-state index in [1.54, 1.807) is 18.0 Å². The molecule has 3 rings (SSSR count). The van der Waals surface area contributed by atoms with E-state index >= 15 is 0 Å². The van der Waals surface area contributed by atoms with Gasteiger partial charge in [-0.2, -0.15) is 0 Å². The second kappa shape index (κ2) is 10.7. The summed E-state index contributed by atoms with van der Waals surface area (Å²) in [4.78, 5) is 26.6. The van der Waals surface area contributed by atoms with Gasteiger partial charge in [0.05, 0.1) is 11.3 Å². The third kappa shape index (κ3) is 6.22. The Kier molecular flexibility index (Phi) is 8.58. The van der Waals surface area contributed by atoms with Gasteiger partial charge in [0.25, 0.3) is 5.91 Å². The van der Waals surface area contributed by atoms with Crippen molar-refractivity contribution in [1.29, 1.82) is 0 Å². The largest absolute Gasteiger partial charge is 0.351 e. The van der Waals surface area contributed by atoms with Crippen LogP contribution in [0.25, 0.3) is 0 Å². The lowest BCUT2D eigenvalue weighted by Gasteiger charge is -2.20. The van der Waals surface area contributed by atoms with Gasteiger partial charge < -0.3 is 15.5 Å². The maximum absolute atomic E-state index is 12.6. The number of nitrogens with one attached hydrogen (secondary N) is 2. The summed E-state index contributed by atoms with van der Waals surface area (Å²) in [7, 11) is 1.76. The van der Waals surface area contributed by atoms with Gasteiger partial charge in [0, 0.05) is 32.1 Å². The van der Waals surface area contributed by atoms with Gasteiger partial charge >= 0.3 is 0 Å². The Balaban J connectivity index is 0.00000261. The van der Waals surface area contributed by atoms with Gasteiger partial charge in [-0.1, -0.05) is 37.8 Å². The number of halogens is 1. The van der Waals surface area contributed by atoms with Crippen molar-refractivity contribution >= 4 is 29.9 Å². The van der Waals surface area contributed by atoms with E-state index in [2.05, 4.69) is 10.6 Å². The third-order valence-corrected chi connectivity index (χ3v) is 5.47. The van der Waals surface area contributed by atoms with E-state index in [1.165, 1.54) is 38.5 Å². The fourth-order valence-electron chi connectivity index (χ4n) is 3.71. The fourth-order valence-corrected chi connectivity index (χ4v) is 3.71. The monoisotopic (exact) mass is 393 g/mol. The average molecular weight is 394 g/mol. The van der Waals surface area contributed by atoms with Gasteiger partial charge in [0.1, 0.15) is 0 Å². The quantitative estimate of drug-likeness (QED) is 0.550. The zero-order valence-electron chi connectivity index (χ0n) is 16.2. The zero-order valence-corrected chi connectivity index (χ0v) is 17.0. The molecule has 2 fully saturated rings. The number of carbonyl (C=O) groups is 2. The smallest absolute Gasteiger partial charge is 0.253 e. The van der Waals surface area contributed by atoms with E-state index in [1.807, 2.05) is 18.2 Å². The summed E-state index contributed by atoms with van der Waals surface area (Å²) in [6, 6.07) is 7.94. The number of nitrogens with zero attached hydrogens (tertiary/aromatic N) is 1. The number of amides is 2. The molecular weight excluding hydrogens is 362 g/mol. The normalized spacial score (nSPS) is 17.5. The van der Waals surface area contributed by atoms with Crippen LogP contribution >= 0.6 is 12.4 Å². The molecule has 0 unspecified atom stereocenters. The highest BCUT2D eigenvalue weighted by molar-refractivity contribution is 6.05. The molecule has 150 valence electrons. The molecule has 0 radical (unpaired) electrons. The number of hydrogen-bond acceptors (Lipinski definition) is 3. The summed E-state index contributed by atoms with van der Waals surface area (Å²) >= 11 is 0. The Labute approximate surface area is 168 Å². The molecule has 0 saturated heterocycles. The average Bonchev–Trinajstić information content (AvgIpc) is 3.51. The summed E-state index contributed by atoms with van der Waals surface area (Å²) in [5.41, 5.74) is 1.26. The molecule has 2 aliphatic rings.